The number of hydrogen-bond donors (Lipinski definition) is 0. The van der Waals surface area contributed by atoms with Crippen LogP contribution in [0.15, 0.2) is 42.7 Å². The maximum absolute atomic E-state index is 5.20. The predicted molar refractivity (Wildman–Crippen MR) is 69.4 cm³/mol. The molecule has 3 rings (SSSR count). The molecule has 17 heavy (non-hydrogen) atoms. The highest BCUT2D eigenvalue weighted by atomic mass is 32.1. The summed E-state index contributed by atoms with van der Waals surface area (Å²) in [5.41, 5.74) is 2.04. The fourth-order valence-electron chi connectivity index (χ4n) is 1.64. The van der Waals surface area contributed by atoms with E-state index < -0.39 is 0 Å². The molecule has 0 unspecified atom stereocenters. The summed E-state index contributed by atoms with van der Waals surface area (Å²) in [6.45, 7) is 0. The lowest BCUT2D eigenvalue weighted by Crippen LogP contribution is -1.80. The SMILES string of the molecule is COc1ccc2nc(-c3cccnc3)sc2c1. The van der Waals surface area contributed by atoms with Gasteiger partial charge in [0.2, 0.25) is 0 Å². The quantitative estimate of drug-likeness (QED) is 0.691. The minimum absolute atomic E-state index is 0.860. The van der Waals surface area contributed by atoms with E-state index in [1.807, 2.05) is 36.5 Å². The summed E-state index contributed by atoms with van der Waals surface area (Å²) >= 11 is 1.65. The molecule has 0 fully saturated rings. The van der Waals surface area contributed by atoms with Gasteiger partial charge in [-0.05, 0) is 30.3 Å². The van der Waals surface area contributed by atoms with Gasteiger partial charge in [-0.1, -0.05) is 0 Å². The second-order valence-corrected chi connectivity index (χ2v) is 4.63. The topological polar surface area (TPSA) is 35.0 Å². The predicted octanol–water partition coefficient (Wildman–Crippen LogP) is 3.37. The van der Waals surface area contributed by atoms with Gasteiger partial charge >= 0.3 is 0 Å². The molecule has 2 aromatic heterocycles. The standard InChI is InChI=1S/C13H10N2OS/c1-16-10-4-5-11-12(7-10)17-13(15-11)9-3-2-6-14-8-9/h2-8H,1H3. The molecule has 0 N–H and O–H groups in total. The van der Waals surface area contributed by atoms with E-state index in [0.717, 1.165) is 26.5 Å². The van der Waals surface area contributed by atoms with Crippen LogP contribution < -0.4 is 4.74 Å². The molecule has 0 radical (unpaired) electrons. The molecule has 0 aliphatic heterocycles. The molecule has 0 atom stereocenters. The van der Waals surface area contributed by atoms with E-state index in [2.05, 4.69) is 9.97 Å². The summed E-state index contributed by atoms with van der Waals surface area (Å²) in [7, 11) is 1.67. The number of thiazole rings is 1. The van der Waals surface area contributed by atoms with Gasteiger partial charge in [0.1, 0.15) is 10.8 Å². The number of pyridine rings is 1. The molecule has 1 aromatic carbocycles. The average Bonchev–Trinajstić information content (AvgIpc) is 2.82. The highest BCUT2D eigenvalue weighted by Crippen LogP contribution is 2.31. The van der Waals surface area contributed by atoms with Crippen molar-refractivity contribution in [3.63, 3.8) is 0 Å². The minimum atomic E-state index is 0.860. The normalized spacial score (nSPS) is 10.6. The van der Waals surface area contributed by atoms with Gasteiger partial charge in [-0.3, -0.25) is 4.98 Å². The molecule has 3 aromatic rings. The molecule has 0 amide bonds. The third kappa shape index (κ3) is 1.87. The van der Waals surface area contributed by atoms with Crippen LogP contribution in [0.4, 0.5) is 0 Å². The smallest absolute Gasteiger partial charge is 0.126 e. The van der Waals surface area contributed by atoms with Crippen LogP contribution >= 0.6 is 11.3 Å². The third-order valence-electron chi connectivity index (χ3n) is 2.50. The van der Waals surface area contributed by atoms with E-state index in [0.29, 0.717) is 0 Å². The van der Waals surface area contributed by atoms with Crippen molar-refractivity contribution in [2.24, 2.45) is 0 Å². The second-order valence-electron chi connectivity index (χ2n) is 3.59. The first-order valence-electron chi connectivity index (χ1n) is 5.22. The van der Waals surface area contributed by atoms with Crippen LogP contribution in [0.1, 0.15) is 0 Å². The van der Waals surface area contributed by atoms with E-state index >= 15 is 0 Å². The highest BCUT2D eigenvalue weighted by Gasteiger charge is 2.06. The molecule has 2 heterocycles. The monoisotopic (exact) mass is 242 g/mol. The Morgan fingerprint density at radius 1 is 1.24 bits per heavy atom. The van der Waals surface area contributed by atoms with E-state index in [4.69, 9.17) is 4.74 Å². The number of ether oxygens (including phenoxy) is 1. The Balaban J connectivity index is 2.14. The van der Waals surface area contributed by atoms with Crippen LogP contribution in [-0.4, -0.2) is 17.1 Å². The Kier molecular flexibility index (Phi) is 2.49. The zero-order valence-corrected chi connectivity index (χ0v) is 10.1. The van der Waals surface area contributed by atoms with Crippen molar-refractivity contribution < 1.29 is 4.74 Å². The Morgan fingerprint density at radius 3 is 2.94 bits per heavy atom. The van der Waals surface area contributed by atoms with E-state index in [1.54, 1.807) is 24.6 Å². The molecule has 0 aliphatic carbocycles. The van der Waals surface area contributed by atoms with Crippen molar-refractivity contribution in [3.8, 4) is 16.3 Å². The molecule has 3 nitrogen and oxygen atoms in total. The Labute approximate surface area is 103 Å². The molecule has 4 heteroatoms. The fourth-order valence-corrected chi connectivity index (χ4v) is 2.63. The summed E-state index contributed by atoms with van der Waals surface area (Å²) < 4.78 is 6.33. The molecule has 0 saturated heterocycles. The van der Waals surface area contributed by atoms with Crippen molar-refractivity contribution in [2.75, 3.05) is 7.11 Å². The number of nitrogens with zero attached hydrogens (tertiary/aromatic N) is 2. The van der Waals surface area contributed by atoms with Crippen molar-refractivity contribution in [1.82, 2.24) is 9.97 Å². The van der Waals surface area contributed by atoms with Gasteiger partial charge in [-0.15, -0.1) is 11.3 Å². The molecule has 84 valence electrons. The van der Waals surface area contributed by atoms with Crippen molar-refractivity contribution >= 4 is 21.6 Å². The van der Waals surface area contributed by atoms with E-state index in [9.17, 15) is 0 Å². The highest BCUT2D eigenvalue weighted by molar-refractivity contribution is 7.21. The van der Waals surface area contributed by atoms with Gasteiger partial charge in [0.05, 0.1) is 17.3 Å². The number of aromatic nitrogens is 2. The first-order valence-corrected chi connectivity index (χ1v) is 6.03. The summed E-state index contributed by atoms with van der Waals surface area (Å²) in [5.74, 6) is 0.860. The second kappa shape index (κ2) is 4.14. The summed E-state index contributed by atoms with van der Waals surface area (Å²) in [5, 5.41) is 0.987. The Hall–Kier alpha value is -1.94. The largest absolute Gasteiger partial charge is 0.497 e. The van der Waals surface area contributed by atoms with Crippen molar-refractivity contribution in [1.29, 1.82) is 0 Å². The van der Waals surface area contributed by atoms with Gasteiger partial charge in [0, 0.05) is 18.0 Å². The molecule has 0 aliphatic rings. The minimum Gasteiger partial charge on any atom is -0.497 e. The van der Waals surface area contributed by atoms with E-state index in [1.165, 1.54) is 0 Å². The summed E-state index contributed by atoms with van der Waals surface area (Å²) in [6.07, 6.45) is 3.59. The van der Waals surface area contributed by atoms with Gasteiger partial charge in [-0.2, -0.15) is 0 Å². The van der Waals surface area contributed by atoms with Crippen LogP contribution in [0, 0.1) is 0 Å². The zero-order valence-electron chi connectivity index (χ0n) is 9.25. The van der Waals surface area contributed by atoms with Crippen LogP contribution in [0.3, 0.4) is 0 Å². The summed E-state index contributed by atoms with van der Waals surface area (Å²) in [4.78, 5) is 8.69. The third-order valence-corrected chi connectivity index (χ3v) is 3.57. The zero-order chi connectivity index (χ0) is 11.7. The maximum atomic E-state index is 5.20. The molecular formula is C13H10N2OS. The van der Waals surface area contributed by atoms with Crippen molar-refractivity contribution in [2.45, 2.75) is 0 Å². The van der Waals surface area contributed by atoms with Crippen LogP contribution in [-0.2, 0) is 0 Å². The Bertz CT molecular complexity index is 649. The first-order chi connectivity index (χ1) is 8.36. The van der Waals surface area contributed by atoms with Crippen molar-refractivity contribution in [3.05, 3.63) is 42.7 Å². The number of methoxy groups -OCH3 is 1. The summed E-state index contributed by atoms with van der Waals surface area (Å²) in [6, 6.07) is 9.84. The van der Waals surface area contributed by atoms with Gasteiger partial charge in [0.25, 0.3) is 0 Å². The molecule has 0 saturated carbocycles. The first kappa shape index (κ1) is 10.2. The fraction of sp³-hybridized carbons (Fsp3) is 0.0769. The molecule has 0 bridgehead atoms. The van der Waals surface area contributed by atoms with Crippen LogP contribution in [0.25, 0.3) is 20.8 Å². The average molecular weight is 242 g/mol. The van der Waals surface area contributed by atoms with Gasteiger partial charge < -0.3 is 4.74 Å². The lowest BCUT2D eigenvalue weighted by atomic mass is 10.3. The van der Waals surface area contributed by atoms with Gasteiger partial charge in [-0.25, -0.2) is 4.98 Å². The molecular weight excluding hydrogens is 232 g/mol. The van der Waals surface area contributed by atoms with Crippen LogP contribution in [0.2, 0.25) is 0 Å². The number of rotatable bonds is 2. The van der Waals surface area contributed by atoms with Crippen LogP contribution in [0.5, 0.6) is 5.75 Å². The number of benzene rings is 1. The number of hydrogen-bond acceptors (Lipinski definition) is 4. The number of fused-ring (bicyclic) bond motifs is 1. The van der Waals surface area contributed by atoms with Gasteiger partial charge in [0.15, 0.2) is 0 Å². The maximum Gasteiger partial charge on any atom is 0.126 e. The lowest BCUT2D eigenvalue weighted by molar-refractivity contribution is 0.415. The lowest BCUT2D eigenvalue weighted by Gasteiger charge is -1.96. The molecule has 0 spiro atoms. The Morgan fingerprint density at radius 2 is 2.18 bits per heavy atom. The van der Waals surface area contributed by atoms with E-state index in [-0.39, 0.29) is 0 Å².